The lowest BCUT2D eigenvalue weighted by atomic mass is 10.9. The number of rotatable bonds is 3. The summed E-state index contributed by atoms with van der Waals surface area (Å²) in [5.74, 6) is 0. The maximum Gasteiger partial charge on any atom is 0.200 e. The maximum atomic E-state index is 8.33. The smallest absolute Gasteiger partial charge is 0.200 e. The molecule has 2 nitrogen and oxygen atoms in total. The Balaban J connectivity index is 3.59. The second-order valence-corrected chi connectivity index (χ2v) is 6.69. The summed E-state index contributed by atoms with van der Waals surface area (Å²) in [6.07, 6.45) is 0. The Morgan fingerprint density at radius 1 is 1.56 bits per heavy atom. The number of nitriles is 1. The van der Waals surface area contributed by atoms with E-state index in [1.54, 1.807) is 0 Å². The van der Waals surface area contributed by atoms with Crippen LogP contribution in [0.15, 0.2) is 0 Å². The van der Waals surface area contributed by atoms with Crippen LogP contribution in [0.1, 0.15) is 6.92 Å². The lowest BCUT2D eigenvalue weighted by Crippen LogP contribution is -2.29. The Morgan fingerprint density at radius 2 is 2.11 bits per heavy atom. The number of hydrogen-bond acceptors (Lipinski definition) is 2. The summed E-state index contributed by atoms with van der Waals surface area (Å²) in [5, 5.41) is 8.33. The molecule has 9 heavy (non-hydrogen) atoms. The van der Waals surface area contributed by atoms with Crippen LogP contribution in [0.4, 0.5) is 0 Å². The minimum Gasteiger partial charge on any atom is -0.417 e. The Morgan fingerprint density at radius 3 is 2.44 bits per heavy atom. The van der Waals surface area contributed by atoms with E-state index in [0.29, 0.717) is 6.04 Å². The van der Waals surface area contributed by atoms with Gasteiger partial charge in [0.05, 0.1) is 12.1 Å². The van der Waals surface area contributed by atoms with E-state index in [9.17, 15) is 0 Å². The van der Waals surface area contributed by atoms with Gasteiger partial charge in [0.2, 0.25) is 0 Å². The summed E-state index contributed by atoms with van der Waals surface area (Å²) in [6, 6.07) is 2.73. The Hall–Kier alpha value is -0.333. The van der Waals surface area contributed by atoms with Gasteiger partial charge in [-0.05, 0) is 20.0 Å². The van der Waals surface area contributed by atoms with Crippen molar-refractivity contribution < 1.29 is 4.43 Å². The normalized spacial score (nSPS) is 10.9. The summed E-state index contributed by atoms with van der Waals surface area (Å²) < 4.78 is 5.39. The third-order valence-corrected chi connectivity index (χ3v) is 3.12. The third kappa shape index (κ3) is 4.19. The average molecular weight is 143 g/mol. The Bertz CT molecular complexity index is 117. The molecule has 0 aliphatic heterocycles. The predicted molar refractivity (Wildman–Crippen MR) is 39.5 cm³/mol. The molecule has 0 saturated heterocycles. The molecule has 0 aliphatic rings. The molecule has 0 unspecified atom stereocenters. The summed E-state index contributed by atoms with van der Waals surface area (Å²) in [4.78, 5) is 0. The number of nitrogens with zero attached hydrogens (tertiary/aromatic N) is 1. The molecule has 0 radical (unpaired) electrons. The van der Waals surface area contributed by atoms with E-state index in [1.165, 1.54) is 0 Å². The first-order valence-corrected chi connectivity index (χ1v) is 6.25. The third-order valence-electron chi connectivity index (χ3n) is 1.04. The van der Waals surface area contributed by atoms with Crippen LogP contribution in [0.2, 0.25) is 19.1 Å². The van der Waals surface area contributed by atoms with Crippen molar-refractivity contribution in [1.82, 2.24) is 0 Å². The molecule has 0 N–H and O–H groups in total. The van der Waals surface area contributed by atoms with Gasteiger partial charge in [-0.25, -0.2) is 0 Å². The molecule has 3 heteroatoms. The molecule has 0 heterocycles. The molecule has 0 aliphatic carbocycles. The second kappa shape index (κ2) is 3.65. The molecular formula is C6H13NOSi. The molecule has 0 spiro atoms. The van der Waals surface area contributed by atoms with Crippen molar-refractivity contribution in [3.63, 3.8) is 0 Å². The molecule has 0 aromatic carbocycles. The summed E-state index contributed by atoms with van der Waals surface area (Å²) in [6.45, 7) is 6.81. The van der Waals surface area contributed by atoms with E-state index in [0.717, 1.165) is 6.61 Å². The lowest BCUT2D eigenvalue weighted by molar-refractivity contribution is 0.332. The van der Waals surface area contributed by atoms with Gasteiger partial charge in [-0.1, -0.05) is 0 Å². The zero-order chi connectivity index (χ0) is 7.33. The Labute approximate surface area is 57.6 Å². The van der Waals surface area contributed by atoms with E-state index in [-0.39, 0.29) is 0 Å². The minimum absolute atomic E-state index is 0.598. The van der Waals surface area contributed by atoms with Gasteiger partial charge in [0.1, 0.15) is 0 Å². The van der Waals surface area contributed by atoms with Crippen molar-refractivity contribution in [1.29, 1.82) is 5.26 Å². The van der Waals surface area contributed by atoms with Crippen LogP contribution < -0.4 is 0 Å². The van der Waals surface area contributed by atoms with Crippen LogP contribution in [-0.2, 0) is 4.43 Å². The van der Waals surface area contributed by atoms with E-state index in [2.05, 4.69) is 19.2 Å². The highest BCUT2D eigenvalue weighted by molar-refractivity contribution is 6.71. The van der Waals surface area contributed by atoms with Crippen molar-refractivity contribution in [2.75, 3.05) is 6.61 Å². The topological polar surface area (TPSA) is 33.0 Å². The van der Waals surface area contributed by atoms with E-state index < -0.39 is 8.32 Å². The van der Waals surface area contributed by atoms with Crippen LogP contribution in [-0.4, -0.2) is 14.9 Å². The number of hydrogen-bond donors (Lipinski definition) is 0. The molecule has 0 rings (SSSR count). The van der Waals surface area contributed by atoms with Crippen molar-refractivity contribution >= 4 is 8.32 Å². The molecular weight excluding hydrogens is 130 g/mol. The molecule has 0 atom stereocenters. The fourth-order valence-electron chi connectivity index (χ4n) is 0.632. The van der Waals surface area contributed by atoms with Gasteiger partial charge in [-0.15, -0.1) is 0 Å². The fraction of sp³-hybridized carbons (Fsp3) is 0.833. The van der Waals surface area contributed by atoms with Crippen LogP contribution in [0.25, 0.3) is 0 Å². The largest absolute Gasteiger partial charge is 0.417 e. The van der Waals surface area contributed by atoms with Crippen LogP contribution >= 0.6 is 0 Å². The first-order valence-electron chi connectivity index (χ1n) is 3.13. The van der Waals surface area contributed by atoms with E-state index in [1.807, 2.05) is 6.92 Å². The van der Waals surface area contributed by atoms with E-state index >= 15 is 0 Å². The Kier molecular flexibility index (Phi) is 3.51. The first-order chi connectivity index (χ1) is 4.12. The summed E-state index contributed by atoms with van der Waals surface area (Å²) in [5.41, 5.74) is 0. The summed E-state index contributed by atoms with van der Waals surface area (Å²) >= 11 is 0. The van der Waals surface area contributed by atoms with Gasteiger partial charge in [0.25, 0.3) is 0 Å². The second-order valence-electron chi connectivity index (χ2n) is 2.53. The lowest BCUT2D eigenvalue weighted by Gasteiger charge is -2.17. The molecule has 0 bridgehead atoms. The van der Waals surface area contributed by atoms with Gasteiger partial charge < -0.3 is 4.43 Å². The van der Waals surface area contributed by atoms with Crippen molar-refractivity contribution in [2.45, 2.75) is 26.1 Å². The zero-order valence-electron chi connectivity index (χ0n) is 6.27. The van der Waals surface area contributed by atoms with Crippen LogP contribution in [0, 0.1) is 11.3 Å². The van der Waals surface area contributed by atoms with Gasteiger partial charge in [0, 0.05) is 6.61 Å². The first kappa shape index (κ1) is 8.67. The van der Waals surface area contributed by atoms with E-state index in [4.69, 9.17) is 9.69 Å². The fourth-order valence-corrected chi connectivity index (χ4v) is 1.90. The molecule has 0 saturated carbocycles. The highest BCUT2D eigenvalue weighted by Crippen LogP contribution is 2.08. The van der Waals surface area contributed by atoms with Gasteiger partial charge in [-0.3, -0.25) is 0 Å². The maximum absolute atomic E-state index is 8.33. The molecule has 0 fully saturated rings. The SMILES string of the molecule is CCO[Si](C)(C)CC#N. The van der Waals surface area contributed by atoms with Crippen molar-refractivity contribution in [2.24, 2.45) is 0 Å². The van der Waals surface area contributed by atoms with Crippen LogP contribution in [0.5, 0.6) is 0 Å². The van der Waals surface area contributed by atoms with Crippen molar-refractivity contribution in [3.8, 4) is 6.07 Å². The molecule has 0 aromatic rings. The zero-order valence-corrected chi connectivity index (χ0v) is 7.27. The molecule has 0 amide bonds. The van der Waals surface area contributed by atoms with Gasteiger partial charge in [0.15, 0.2) is 8.32 Å². The quantitative estimate of drug-likeness (QED) is 0.564. The predicted octanol–water partition coefficient (Wildman–Crippen LogP) is 1.75. The molecule has 52 valence electrons. The minimum atomic E-state index is -1.56. The standard InChI is InChI=1S/C6H13NOSi/c1-4-8-9(2,3)6-5-7/h4,6H2,1-3H3. The molecule has 0 aromatic heterocycles. The summed E-state index contributed by atoms with van der Waals surface area (Å²) in [7, 11) is -1.56. The average Bonchev–Trinajstić information content (AvgIpc) is 1.64. The van der Waals surface area contributed by atoms with Gasteiger partial charge >= 0.3 is 0 Å². The highest BCUT2D eigenvalue weighted by atomic mass is 28.4. The van der Waals surface area contributed by atoms with Crippen LogP contribution in [0.3, 0.4) is 0 Å². The van der Waals surface area contributed by atoms with Crippen molar-refractivity contribution in [3.05, 3.63) is 0 Å². The monoisotopic (exact) mass is 143 g/mol. The highest BCUT2D eigenvalue weighted by Gasteiger charge is 2.20. The van der Waals surface area contributed by atoms with Gasteiger partial charge in [-0.2, -0.15) is 5.26 Å².